The van der Waals surface area contributed by atoms with Gasteiger partial charge in [-0.3, -0.25) is 0 Å². The van der Waals surface area contributed by atoms with Gasteiger partial charge in [0.2, 0.25) is 0 Å². The summed E-state index contributed by atoms with van der Waals surface area (Å²) in [5.41, 5.74) is 2.27. The second-order valence-electron chi connectivity index (χ2n) is 4.52. The zero-order valence-electron chi connectivity index (χ0n) is 12.0. The largest absolute Gasteiger partial charge is 0.497 e. The summed E-state index contributed by atoms with van der Waals surface area (Å²) in [6.45, 7) is 0. The van der Waals surface area contributed by atoms with Crippen LogP contribution in [0.15, 0.2) is 42.5 Å². The Morgan fingerprint density at radius 2 is 1.48 bits per heavy atom. The second kappa shape index (κ2) is 6.97. The van der Waals surface area contributed by atoms with E-state index in [1.165, 1.54) is 0 Å². The topological polar surface area (TPSA) is 58.9 Å². The van der Waals surface area contributed by atoms with E-state index in [1.54, 1.807) is 38.5 Å². The van der Waals surface area contributed by atoms with E-state index in [9.17, 15) is 0 Å². The lowest BCUT2D eigenvalue weighted by molar-refractivity contribution is 0.394. The van der Waals surface area contributed by atoms with E-state index in [0.717, 1.165) is 11.1 Å². The molecule has 2 aromatic rings. The molecule has 4 nitrogen and oxygen atoms in total. The van der Waals surface area contributed by atoms with Crippen molar-refractivity contribution in [2.45, 2.75) is 0 Å². The van der Waals surface area contributed by atoms with E-state index >= 15 is 0 Å². The number of benzene rings is 2. The van der Waals surface area contributed by atoms with Gasteiger partial charge in [0.25, 0.3) is 0 Å². The fourth-order valence-corrected chi connectivity index (χ4v) is 1.94. The number of rotatable bonds is 5. The second-order valence-corrected chi connectivity index (χ2v) is 4.52. The van der Waals surface area contributed by atoms with Crippen molar-refractivity contribution >= 4 is 24.7 Å². The van der Waals surface area contributed by atoms with Gasteiger partial charge in [0.1, 0.15) is 11.5 Å². The molecule has 0 aliphatic carbocycles. The molecule has 0 aromatic heterocycles. The Labute approximate surface area is 124 Å². The van der Waals surface area contributed by atoms with Crippen LogP contribution in [0.2, 0.25) is 0 Å². The first-order valence-corrected chi connectivity index (χ1v) is 6.49. The van der Waals surface area contributed by atoms with Gasteiger partial charge in [-0.15, -0.1) is 0 Å². The number of methoxy groups -OCH3 is 2. The van der Waals surface area contributed by atoms with Crippen molar-refractivity contribution in [3.8, 4) is 11.5 Å². The Morgan fingerprint density at radius 1 is 0.857 bits per heavy atom. The van der Waals surface area contributed by atoms with Crippen LogP contribution in [0.1, 0.15) is 11.1 Å². The smallest absolute Gasteiger partial charge is 0.488 e. The lowest BCUT2D eigenvalue weighted by Gasteiger charge is -2.06. The van der Waals surface area contributed by atoms with Gasteiger partial charge in [-0.1, -0.05) is 36.4 Å². The summed E-state index contributed by atoms with van der Waals surface area (Å²) in [6, 6.07) is 12.6. The highest BCUT2D eigenvalue weighted by Gasteiger charge is 2.09. The third-order valence-electron chi connectivity index (χ3n) is 3.05. The Hall–Kier alpha value is -2.24. The van der Waals surface area contributed by atoms with Crippen molar-refractivity contribution in [1.82, 2.24) is 0 Å². The third kappa shape index (κ3) is 4.11. The van der Waals surface area contributed by atoms with Crippen molar-refractivity contribution in [1.29, 1.82) is 0 Å². The number of hydrogen-bond donors (Lipinski definition) is 2. The van der Waals surface area contributed by atoms with E-state index in [2.05, 4.69) is 0 Å². The van der Waals surface area contributed by atoms with Crippen LogP contribution >= 0.6 is 0 Å². The Kier molecular flexibility index (Phi) is 5.03. The minimum absolute atomic E-state index is 0.459. The van der Waals surface area contributed by atoms with Gasteiger partial charge >= 0.3 is 7.12 Å². The Balaban J connectivity index is 2.26. The first kappa shape index (κ1) is 15.2. The summed E-state index contributed by atoms with van der Waals surface area (Å²) in [4.78, 5) is 0. The zero-order valence-corrected chi connectivity index (χ0v) is 12.0. The van der Waals surface area contributed by atoms with Crippen molar-refractivity contribution in [3.63, 3.8) is 0 Å². The van der Waals surface area contributed by atoms with Crippen LogP contribution in [0.3, 0.4) is 0 Å². The first-order valence-electron chi connectivity index (χ1n) is 6.49. The maximum absolute atomic E-state index is 9.17. The summed E-state index contributed by atoms with van der Waals surface area (Å²) in [6.07, 6.45) is 3.80. The number of hydrogen-bond acceptors (Lipinski definition) is 4. The fourth-order valence-electron chi connectivity index (χ4n) is 1.94. The molecule has 108 valence electrons. The standard InChI is InChI=1S/C16H17BO4/c1-20-15-9-13(10-16(11-15)21-2)7-6-12-4-3-5-14(8-12)17(18)19/h3-11,18-19H,1-2H3/b7-6-. The predicted octanol–water partition coefficient (Wildman–Crippen LogP) is 1.55. The van der Waals surface area contributed by atoms with Gasteiger partial charge in [0.05, 0.1) is 14.2 Å². The predicted molar refractivity (Wildman–Crippen MR) is 84.7 cm³/mol. The molecular weight excluding hydrogens is 267 g/mol. The van der Waals surface area contributed by atoms with Gasteiger partial charge in [0, 0.05) is 6.07 Å². The first-order chi connectivity index (χ1) is 10.1. The summed E-state index contributed by atoms with van der Waals surface area (Å²) < 4.78 is 10.4. The van der Waals surface area contributed by atoms with E-state index < -0.39 is 7.12 Å². The van der Waals surface area contributed by atoms with Crippen molar-refractivity contribution in [2.24, 2.45) is 0 Å². The molecule has 0 aliphatic rings. The highest BCUT2D eigenvalue weighted by molar-refractivity contribution is 6.58. The molecule has 0 radical (unpaired) electrons. The van der Waals surface area contributed by atoms with Gasteiger partial charge in [-0.2, -0.15) is 0 Å². The molecule has 21 heavy (non-hydrogen) atoms. The molecule has 0 unspecified atom stereocenters. The summed E-state index contributed by atoms with van der Waals surface area (Å²) in [5.74, 6) is 1.43. The zero-order chi connectivity index (χ0) is 15.2. The number of ether oxygens (including phenoxy) is 2. The monoisotopic (exact) mass is 284 g/mol. The van der Waals surface area contributed by atoms with E-state index in [4.69, 9.17) is 19.5 Å². The highest BCUT2D eigenvalue weighted by atomic mass is 16.5. The van der Waals surface area contributed by atoms with Gasteiger partial charge < -0.3 is 19.5 Å². The Bertz CT molecular complexity index is 616. The van der Waals surface area contributed by atoms with Crippen LogP contribution in [-0.2, 0) is 0 Å². The minimum Gasteiger partial charge on any atom is -0.497 e. The van der Waals surface area contributed by atoms with Crippen molar-refractivity contribution < 1.29 is 19.5 Å². The molecule has 2 rings (SSSR count). The van der Waals surface area contributed by atoms with E-state index in [1.807, 2.05) is 30.4 Å². The van der Waals surface area contributed by atoms with Crippen molar-refractivity contribution in [3.05, 3.63) is 53.6 Å². The summed E-state index contributed by atoms with van der Waals surface area (Å²) in [7, 11) is 1.75. The molecule has 0 saturated carbocycles. The lowest BCUT2D eigenvalue weighted by Crippen LogP contribution is -2.29. The molecule has 0 spiro atoms. The Morgan fingerprint density at radius 3 is 2.05 bits per heavy atom. The molecule has 2 N–H and O–H groups in total. The normalized spacial score (nSPS) is 10.7. The molecule has 0 bridgehead atoms. The molecule has 5 heteroatoms. The maximum atomic E-state index is 9.17. The molecule has 0 atom stereocenters. The molecule has 0 saturated heterocycles. The fraction of sp³-hybridized carbons (Fsp3) is 0.125. The van der Waals surface area contributed by atoms with Crippen LogP contribution in [0.4, 0.5) is 0 Å². The van der Waals surface area contributed by atoms with Gasteiger partial charge in [0.15, 0.2) is 0 Å². The third-order valence-corrected chi connectivity index (χ3v) is 3.05. The van der Waals surface area contributed by atoms with Crippen LogP contribution in [0.25, 0.3) is 12.2 Å². The highest BCUT2D eigenvalue weighted by Crippen LogP contribution is 2.23. The maximum Gasteiger partial charge on any atom is 0.488 e. The quantitative estimate of drug-likeness (QED) is 0.646. The minimum atomic E-state index is -1.46. The summed E-state index contributed by atoms with van der Waals surface area (Å²) in [5, 5.41) is 18.3. The van der Waals surface area contributed by atoms with Crippen molar-refractivity contribution in [2.75, 3.05) is 14.2 Å². The lowest BCUT2D eigenvalue weighted by atomic mass is 9.79. The summed E-state index contributed by atoms with van der Waals surface area (Å²) >= 11 is 0. The molecule has 0 aliphatic heterocycles. The van der Waals surface area contributed by atoms with Crippen LogP contribution in [-0.4, -0.2) is 31.4 Å². The average Bonchev–Trinajstić information content (AvgIpc) is 2.52. The van der Waals surface area contributed by atoms with Gasteiger partial charge in [-0.05, 0) is 28.7 Å². The molecule has 0 amide bonds. The van der Waals surface area contributed by atoms with Gasteiger partial charge in [-0.25, -0.2) is 0 Å². The molecular formula is C16H17BO4. The van der Waals surface area contributed by atoms with Crippen LogP contribution in [0.5, 0.6) is 11.5 Å². The molecule has 2 aromatic carbocycles. The van der Waals surface area contributed by atoms with Crippen LogP contribution < -0.4 is 14.9 Å². The van der Waals surface area contributed by atoms with Crippen LogP contribution in [0, 0.1) is 0 Å². The molecule has 0 heterocycles. The molecule has 0 fully saturated rings. The van der Waals surface area contributed by atoms with E-state index in [-0.39, 0.29) is 0 Å². The average molecular weight is 284 g/mol. The SMILES string of the molecule is COc1cc(/C=C\c2cccc(B(O)O)c2)cc(OC)c1. The van der Waals surface area contributed by atoms with E-state index in [0.29, 0.717) is 17.0 Å².